The zero-order valence-electron chi connectivity index (χ0n) is 9.67. The Morgan fingerprint density at radius 2 is 1.65 bits per heavy atom. The van der Waals surface area contributed by atoms with E-state index in [1.807, 2.05) is 6.07 Å². The number of benzene rings is 1. The zero-order chi connectivity index (χ0) is 12.0. The summed E-state index contributed by atoms with van der Waals surface area (Å²) in [7, 11) is -3.16. The largest absolute Gasteiger partial charge is 0.223 e. The first-order valence-electron chi connectivity index (χ1n) is 6.10. The topological polar surface area (TPSA) is 34.1 Å². The molecule has 2 aliphatic rings. The highest BCUT2D eigenvalue weighted by Gasteiger charge is 2.53. The van der Waals surface area contributed by atoms with E-state index in [0.29, 0.717) is 4.90 Å². The smallest absolute Gasteiger partial charge is 0.182 e. The summed E-state index contributed by atoms with van der Waals surface area (Å²) in [6, 6.07) is 8.82. The lowest BCUT2D eigenvalue weighted by Gasteiger charge is -2.50. The van der Waals surface area contributed by atoms with E-state index in [9.17, 15) is 8.42 Å². The fourth-order valence-corrected chi connectivity index (χ4v) is 5.65. The molecular formula is C14H16O2S. The van der Waals surface area contributed by atoms with Crippen LogP contribution in [0.5, 0.6) is 0 Å². The highest BCUT2D eigenvalue weighted by molar-refractivity contribution is 7.92. The maximum Gasteiger partial charge on any atom is 0.182 e. The van der Waals surface area contributed by atoms with E-state index >= 15 is 0 Å². The molecule has 3 rings (SSSR count). The molecule has 1 aromatic rings. The molecule has 0 amide bonds. The van der Waals surface area contributed by atoms with Gasteiger partial charge in [0, 0.05) is 0 Å². The van der Waals surface area contributed by atoms with E-state index in [2.05, 4.69) is 6.58 Å². The molecule has 0 spiro atoms. The summed E-state index contributed by atoms with van der Waals surface area (Å²) >= 11 is 0. The molecule has 2 bridgehead atoms. The Bertz CT molecular complexity index is 531. The highest BCUT2D eigenvalue weighted by atomic mass is 32.2. The molecule has 0 heterocycles. The maximum atomic E-state index is 12.5. The quantitative estimate of drug-likeness (QED) is 0.754. The average molecular weight is 248 g/mol. The minimum Gasteiger partial charge on any atom is -0.223 e. The summed E-state index contributed by atoms with van der Waals surface area (Å²) in [5.74, 6) is 0.415. The molecular weight excluding hydrogens is 232 g/mol. The van der Waals surface area contributed by atoms with Gasteiger partial charge in [-0.1, -0.05) is 36.8 Å². The minimum absolute atomic E-state index is 0.203. The van der Waals surface area contributed by atoms with Gasteiger partial charge >= 0.3 is 0 Å². The van der Waals surface area contributed by atoms with Gasteiger partial charge in [0.25, 0.3) is 0 Å². The van der Waals surface area contributed by atoms with Crippen LogP contribution in [0, 0.1) is 11.8 Å². The van der Waals surface area contributed by atoms with Gasteiger partial charge in [0.2, 0.25) is 0 Å². The Kier molecular flexibility index (Phi) is 2.40. The SMILES string of the molecule is C=C1C2CCCC1C2S(=O)(=O)c1ccccc1. The van der Waals surface area contributed by atoms with Crippen molar-refractivity contribution in [1.82, 2.24) is 0 Å². The van der Waals surface area contributed by atoms with Gasteiger partial charge in [-0.3, -0.25) is 0 Å². The van der Waals surface area contributed by atoms with Crippen LogP contribution in [0.3, 0.4) is 0 Å². The van der Waals surface area contributed by atoms with E-state index in [1.165, 1.54) is 5.57 Å². The molecule has 0 aromatic heterocycles. The summed E-state index contributed by atoms with van der Waals surface area (Å²) < 4.78 is 25.1. The molecule has 3 heteroatoms. The lowest BCUT2D eigenvalue weighted by molar-refractivity contribution is 0.221. The molecule has 0 saturated heterocycles. The number of fused-ring (bicyclic) bond motifs is 2. The second-order valence-electron chi connectivity index (χ2n) is 5.04. The lowest BCUT2D eigenvalue weighted by atomic mass is 9.61. The second-order valence-corrected chi connectivity index (χ2v) is 7.15. The van der Waals surface area contributed by atoms with Crippen molar-refractivity contribution in [3.05, 3.63) is 42.5 Å². The van der Waals surface area contributed by atoms with Gasteiger partial charge in [-0.25, -0.2) is 8.42 Å². The average Bonchev–Trinajstić information content (AvgIpc) is 2.38. The number of sulfone groups is 1. The first-order valence-corrected chi connectivity index (χ1v) is 7.64. The molecule has 0 N–H and O–H groups in total. The van der Waals surface area contributed by atoms with E-state index in [1.54, 1.807) is 24.3 Å². The van der Waals surface area contributed by atoms with Gasteiger partial charge in [0.1, 0.15) is 0 Å². The van der Waals surface area contributed by atoms with Crippen molar-refractivity contribution < 1.29 is 8.42 Å². The zero-order valence-corrected chi connectivity index (χ0v) is 10.5. The van der Waals surface area contributed by atoms with Gasteiger partial charge < -0.3 is 0 Å². The van der Waals surface area contributed by atoms with Crippen LogP contribution in [-0.2, 0) is 9.84 Å². The van der Waals surface area contributed by atoms with Gasteiger partial charge in [-0.05, 0) is 36.8 Å². The van der Waals surface area contributed by atoms with Crippen LogP contribution in [-0.4, -0.2) is 13.7 Å². The molecule has 0 radical (unpaired) electrons. The van der Waals surface area contributed by atoms with Crippen LogP contribution in [0.25, 0.3) is 0 Å². The van der Waals surface area contributed by atoms with Crippen molar-refractivity contribution in [2.75, 3.05) is 0 Å². The van der Waals surface area contributed by atoms with Crippen LogP contribution in [0.2, 0.25) is 0 Å². The van der Waals surface area contributed by atoms with Crippen LogP contribution in [0.4, 0.5) is 0 Å². The molecule has 0 aliphatic heterocycles. The number of hydrogen-bond donors (Lipinski definition) is 0. The van der Waals surface area contributed by atoms with E-state index in [-0.39, 0.29) is 17.1 Å². The number of allylic oxidation sites excluding steroid dienone is 1. The van der Waals surface area contributed by atoms with Crippen LogP contribution in [0.15, 0.2) is 47.4 Å². The summed E-state index contributed by atoms with van der Waals surface area (Å²) in [4.78, 5) is 0.467. The maximum absolute atomic E-state index is 12.5. The first kappa shape index (κ1) is 11.0. The van der Waals surface area contributed by atoms with E-state index in [0.717, 1.165) is 19.3 Å². The normalized spacial score (nSPS) is 32.0. The van der Waals surface area contributed by atoms with Crippen LogP contribution >= 0.6 is 0 Å². The second kappa shape index (κ2) is 3.70. The van der Waals surface area contributed by atoms with Gasteiger partial charge in [0.05, 0.1) is 10.1 Å². The number of rotatable bonds is 2. The fraction of sp³-hybridized carbons (Fsp3) is 0.429. The molecule has 2 aliphatic carbocycles. The Labute approximate surface area is 102 Å². The minimum atomic E-state index is -3.16. The highest BCUT2D eigenvalue weighted by Crippen LogP contribution is 2.53. The summed E-state index contributed by atoms with van der Waals surface area (Å²) in [5.41, 5.74) is 1.17. The predicted molar refractivity (Wildman–Crippen MR) is 67.4 cm³/mol. The first-order chi connectivity index (χ1) is 8.12. The van der Waals surface area contributed by atoms with Crippen molar-refractivity contribution in [3.63, 3.8) is 0 Å². The van der Waals surface area contributed by atoms with Crippen molar-refractivity contribution in [3.8, 4) is 0 Å². The third-order valence-electron chi connectivity index (χ3n) is 4.21. The molecule has 90 valence electrons. The predicted octanol–water partition coefficient (Wildman–Crippen LogP) is 2.82. The Balaban J connectivity index is 1.98. The standard InChI is InChI=1S/C14H16O2S/c1-10-12-8-5-9-13(10)14(12)17(15,16)11-6-3-2-4-7-11/h2-4,6-7,12-14H,1,5,8-9H2. The lowest BCUT2D eigenvalue weighted by Crippen LogP contribution is -2.52. The Morgan fingerprint density at radius 1 is 1.06 bits per heavy atom. The Morgan fingerprint density at radius 3 is 2.18 bits per heavy atom. The molecule has 1 aromatic carbocycles. The molecule has 2 atom stereocenters. The third kappa shape index (κ3) is 1.48. The van der Waals surface area contributed by atoms with Crippen molar-refractivity contribution in [1.29, 1.82) is 0 Å². The van der Waals surface area contributed by atoms with Gasteiger partial charge in [-0.2, -0.15) is 0 Å². The third-order valence-corrected chi connectivity index (χ3v) is 6.51. The number of hydrogen-bond acceptors (Lipinski definition) is 2. The summed E-state index contributed by atoms with van der Waals surface area (Å²) in [5, 5.41) is -0.203. The van der Waals surface area contributed by atoms with E-state index < -0.39 is 9.84 Å². The molecule has 2 unspecified atom stereocenters. The monoisotopic (exact) mass is 248 g/mol. The van der Waals surface area contributed by atoms with Gasteiger partial charge in [0.15, 0.2) is 9.84 Å². The molecule has 17 heavy (non-hydrogen) atoms. The Hall–Kier alpha value is -1.09. The summed E-state index contributed by atoms with van der Waals surface area (Å²) in [6.07, 6.45) is 3.13. The van der Waals surface area contributed by atoms with Crippen molar-refractivity contribution in [2.45, 2.75) is 29.4 Å². The van der Waals surface area contributed by atoms with Crippen molar-refractivity contribution in [2.24, 2.45) is 11.8 Å². The fourth-order valence-electron chi connectivity index (χ4n) is 3.32. The summed E-state index contributed by atoms with van der Waals surface area (Å²) in [6.45, 7) is 4.04. The van der Waals surface area contributed by atoms with Crippen LogP contribution < -0.4 is 0 Å². The molecule has 2 saturated carbocycles. The molecule has 2 fully saturated rings. The van der Waals surface area contributed by atoms with Crippen LogP contribution in [0.1, 0.15) is 19.3 Å². The van der Waals surface area contributed by atoms with E-state index in [4.69, 9.17) is 0 Å². The van der Waals surface area contributed by atoms with Crippen molar-refractivity contribution >= 4 is 9.84 Å². The molecule has 2 nitrogen and oxygen atoms in total. The van der Waals surface area contributed by atoms with Gasteiger partial charge in [-0.15, -0.1) is 0 Å².